The lowest BCUT2D eigenvalue weighted by molar-refractivity contribution is 0.141. The Balaban J connectivity index is 2.30. The maximum atomic E-state index is 12.3. The zero-order valence-electron chi connectivity index (χ0n) is 11.0. The molecule has 0 bridgehead atoms. The van der Waals surface area contributed by atoms with Gasteiger partial charge >= 0.3 is 0 Å². The van der Waals surface area contributed by atoms with Crippen LogP contribution in [0.25, 0.3) is 10.6 Å². The van der Waals surface area contributed by atoms with Crippen LogP contribution >= 0.6 is 11.3 Å². The van der Waals surface area contributed by atoms with Crippen molar-refractivity contribution in [3.8, 4) is 22.4 Å². The van der Waals surface area contributed by atoms with Crippen molar-refractivity contribution in [1.29, 1.82) is 5.26 Å². The number of thiophene rings is 1. The third kappa shape index (κ3) is 1.74. The zero-order valence-corrected chi connectivity index (χ0v) is 11.8. The number of nitriles is 1. The molecule has 1 saturated carbocycles. The molecule has 6 heteroatoms. The van der Waals surface area contributed by atoms with Gasteiger partial charge in [0.05, 0.1) is 10.4 Å². The summed E-state index contributed by atoms with van der Waals surface area (Å²) in [5, 5.41) is 25.5. The molecule has 0 spiro atoms. The van der Waals surface area contributed by atoms with Gasteiger partial charge in [-0.3, -0.25) is 4.79 Å². The van der Waals surface area contributed by atoms with Gasteiger partial charge in [-0.1, -0.05) is 6.07 Å². The van der Waals surface area contributed by atoms with Crippen molar-refractivity contribution < 1.29 is 5.11 Å². The van der Waals surface area contributed by atoms with E-state index in [2.05, 4.69) is 5.10 Å². The van der Waals surface area contributed by atoms with Crippen molar-refractivity contribution in [3.63, 3.8) is 0 Å². The Bertz CT molecular complexity index is 752. The van der Waals surface area contributed by atoms with Crippen molar-refractivity contribution in [3.05, 3.63) is 33.4 Å². The summed E-state index contributed by atoms with van der Waals surface area (Å²) in [6.45, 7) is 1.96. The summed E-state index contributed by atoms with van der Waals surface area (Å²) in [5.41, 5.74) is -0.768. The molecule has 20 heavy (non-hydrogen) atoms. The molecule has 3 rings (SSSR count). The van der Waals surface area contributed by atoms with Crippen LogP contribution in [-0.2, 0) is 5.54 Å². The second-order valence-corrected chi connectivity index (χ2v) is 6.18. The van der Waals surface area contributed by atoms with Crippen LogP contribution in [0.15, 0.2) is 22.3 Å². The summed E-state index contributed by atoms with van der Waals surface area (Å²) in [6.07, 6.45) is 2.76. The van der Waals surface area contributed by atoms with E-state index in [1.54, 1.807) is 0 Å². The lowest BCUT2D eigenvalue weighted by Gasteiger charge is -2.39. The van der Waals surface area contributed by atoms with Gasteiger partial charge in [-0.15, -0.1) is 11.3 Å². The van der Waals surface area contributed by atoms with Crippen LogP contribution in [0, 0.1) is 11.3 Å². The molecule has 0 radical (unpaired) electrons. The average Bonchev–Trinajstić information content (AvgIpc) is 2.91. The Hall–Kier alpha value is -2.13. The molecule has 2 heterocycles. The van der Waals surface area contributed by atoms with E-state index in [-0.39, 0.29) is 16.9 Å². The topological polar surface area (TPSA) is 78.9 Å². The molecule has 2 aromatic heterocycles. The fourth-order valence-electron chi connectivity index (χ4n) is 2.46. The third-order valence-corrected chi connectivity index (χ3v) is 4.75. The van der Waals surface area contributed by atoms with Gasteiger partial charge in [-0.05, 0) is 37.6 Å². The van der Waals surface area contributed by atoms with Crippen LogP contribution in [0.1, 0.15) is 31.7 Å². The Morgan fingerprint density at radius 3 is 2.80 bits per heavy atom. The molecule has 102 valence electrons. The molecule has 5 nitrogen and oxygen atoms in total. The summed E-state index contributed by atoms with van der Waals surface area (Å²) < 4.78 is 1.38. The summed E-state index contributed by atoms with van der Waals surface area (Å²) >= 11 is 1.41. The molecular weight excluding hydrogens is 274 g/mol. The first-order valence-electron chi connectivity index (χ1n) is 6.37. The molecular formula is C14H13N3O2S. The highest BCUT2D eigenvalue weighted by Crippen LogP contribution is 2.39. The summed E-state index contributed by atoms with van der Waals surface area (Å²) in [5.74, 6) is -0.320. The summed E-state index contributed by atoms with van der Waals surface area (Å²) in [6, 6.07) is 5.46. The molecule has 0 atom stereocenters. The second-order valence-electron chi connectivity index (χ2n) is 5.23. The molecule has 1 N–H and O–H groups in total. The number of nitrogens with zero attached hydrogens (tertiary/aromatic N) is 3. The zero-order chi connectivity index (χ0) is 14.3. The lowest BCUT2D eigenvalue weighted by Crippen LogP contribution is -2.46. The molecule has 0 saturated heterocycles. The van der Waals surface area contributed by atoms with E-state index < -0.39 is 5.56 Å². The normalized spacial score (nSPS) is 16.4. The van der Waals surface area contributed by atoms with Gasteiger partial charge in [-0.2, -0.15) is 10.4 Å². The Morgan fingerprint density at radius 2 is 2.30 bits per heavy atom. The fraction of sp³-hybridized carbons (Fsp3) is 0.357. The van der Waals surface area contributed by atoms with Crippen molar-refractivity contribution in [2.24, 2.45) is 0 Å². The SMILES string of the molecule is CC1(n2nc(-c3cccs3)c(O)c(C#N)c2=O)CCC1. The molecule has 0 aromatic carbocycles. The minimum atomic E-state index is -0.507. The van der Waals surface area contributed by atoms with Crippen molar-refractivity contribution in [2.75, 3.05) is 0 Å². The van der Waals surface area contributed by atoms with Crippen molar-refractivity contribution in [1.82, 2.24) is 9.78 Å². The smallest absolute Gasteiger partial charge is 0.289 e. The van der Waals surface area contributed by atoms with Gasteiger partial charge in [0, 0.05) is 0 Å². The summed E-state index contributed by atoms with van der Waals surface area (Å²) in [7, 11) is 0. The maximum Gasteiger partial charge on any atom is 0.289 e. The van der Waals surface area contributed by atoms with Crippen LogP contribution in [-0.4, -0.2) is 14.9 Å². The van der Waals surface area contributed by atoms with Crippen LogP contribution in [0.4, 0.5) is 0 Å². The van der Waals surface area contributed by atoms with E-state index in [0.29, 0.717) is 5.69 Å². The molecule has 1 aliphatic rings. The Labute approximate surface area is 119 Å². The minimum absolute atomic E-state index is 0.225. The predicted molar refractivity (Wildman–Crippen MR) is 75.7 cm³/mol. The van der Waals surface area contributed by atoms with Crippen molar-refractivity contribution >= 4 is 11.3 Å². The van der Waals surface area contributed by atoms with E-state index in [1.165, 1.54) is 16.0 Å². The molecule has 0 unspecified atom stereocenters. The van der Waals surface area contributed by atoms with E-state index in [1.807, 2.05) is 30.5 Å². The third-order valence-electron chi connectivity index (χ3n) is 3.88. The molecule has 0 amide bonds. The minimum Gasteiger partial charge on any atom is -0.504 e. The van der Waals surface area contributed by atoms with E-state index in [9.17, 15) is 9.90 Å². The van der Waals surface area contributed by atoms with Gasteiger partial charge in [0.15, 0.2) is 11.3 Å². The quantitative estimate of drug-likeness (QED) is 0.920. The second kappa shape index (κ2) is 4.46. The van der Waals surface area contributed by atoms with E-state index >= 15 is 0 Å². The number of hydrogen-bond acceptors (Lipinski definition) is 5. The fourth-order valence-corrected chi connectivity index (χ4v) is 3.17. The van der Waals surface area contributed by atoms with Gasteiger partial charge in [0.2, 0.25) is 0 Å². The van der Waals surface area contributed by atoms with Crippen LogP contribution in [0.2, 0.25) is 0 Å². The molecule has 2 aromatic rings. The molecule has 1 aliphatic carbocycles. The van der Waals surface area contributed by atoms with Crippen molar-refractivity contribution in [2.45, 2.75) is 31.7 Å². The summed E-state index contributed by atoms with van der Waals surface area (Å²) in [4.78, 5) is 13.0. The van der Waals surface area contributed by atoms with Gasteiger partial charge in [0.1, 0.15) is 11.8 Å². The van der Waals surface area contributed by atoms with Crippen LogP contribution in [0.5, 0.6) is 5.75 Å². The van der Waals surface area contributed by atoms with Gasteiger partial charge in [0.25, 0.3) is 5.56 Å². The standard InChI is InChI=1S/C14H13N3O2S/c1-14(5-3-6-14)17-13(19)9(8-15)12(18)11(16-17)10-4-2-7-20-10/h2,4,7,18H,3,5-6H2,1H3. The first-order valence-corrected chi connectivity index (χ1v) is 7.25. The van der Waals surface area contributed by atoms with Crippen LogP contribution < -0.4 is 5.56 Å². The highest BCUT2D eigenvalue weighted by atomic mass is 32.1. The molecule has 0 aliphatic heterocycles. The number of aromatic hydroxyl groups is 1. The number of rotatable bonds is 2. The first-order chi connectivity index (χ1) is 9.57. The monoisotopic (exact) mass is 287 g/mol. The number of hydrogen-bond donors (Lipinski definition) is 1. The van der Waals surface area contributed by atoms with E-state index in [0.717, 1.165) is 24.1 Å². The highest BCUT2D eigenvalue weighted by molar-refractivity contribution is 7.13. The maximum absolute atomic E-state index is 12.3. The van der Waals surface area contributed by atoms with E-state index in [4.69, 9.17) is 5.26 Å². The Morgan fingerprint density at radius 1 is 1.55 bits per heavy atom. The first kappa shape index (κ1) is 12.9. The largest absolute Gasteiger partial charge is 0.504 e. The van der Waals surface area contributed by atoms with Gasteiger partial charge < -0.3 is 5.11 Å². The molecule has 1 fully saturated rings. The number of aromatic nitrogens is 2. The van der Waals surface area contributed by atoms with Crippen LogP contribution in [0.3, 0.4) is 0 Å². The average molecular weight is 287 g/mol. The van der Waals surface area contributed by atoms with Gasteiger partial charge in [-0.25, -0.2) is 4.68 Å². The Kier molecular flexibility index (Phi) is 2.87. The predicted octanol–water partition coefficient (Wildman–Crippen LogP) is 2.45. The highest BCUT2D eigenvalue weighted by Gasteiger charge is 2.37. The lowest BCUT2D eigenvalue weighted by atomic mass is 9.78.